The third-order valence-electron chi connectivity index (χ3n) is 3.78. The molecule has 0 saturated carbocycles. The average Bonchev–Trinajstić information content (AvgIpc) is 2.62. The first-order chi connectivity index (χ1) is 12.1. The molecule has 0 fully saturated rings. The minimum Gasteiger partial charge on any atom is -0.494 e. The van der Waals surface area contributed by atoms with Crippen LogP contribution >= 0.6 is 0 Å². The van der Waals surface area contributed by atoms with Crippen LogP contribution in [0.25, 0.3) is 0 Å². The lowest BCUT2D eigenvalue weighted by atomic mass is 9.96. The van der Waals surface area contributed by atoms with E-state index in [0.717, 1.165) is 28.9 Å². The third kappa shape index (κ3) is 6.43. The first-order valence-electron chi connectivity index (χ1n) is 8.52. The third-order valence-corrected chi connectivity index (χ3v) is 3.78. The van der Waals surface area contributed by atoms with E-state index in [1.807, 2.05) is 62.4 Å². The maximum atomic E-state index is 12.3. The molecule has 130 valence electrons. The molecule has 2 nitrogen and oxygen atoms in total. The number of carbonyl (C=O) groups is 1. The van der Waals surface area contributed by atoms with Gasteiger partial charge in [0.25, 0.3) is 0 Å². The van der Waals surface area contributed by atoms with Crippen molar-refractivity contribution in [1.29, 1.82) is 0 Å². The molecule has 1 unspecified atom stereocenters. The van der Waals surface area contributed by atoms with Crippen molar-refractivity contribution in [2.24, 2.45) is 5.92 Å². The highest BCUT2D eigenvalue weighted by molar-refractivity contribution is 5.79. The zero-order valence-electron chi connectivity index (χ0n) is 14.7. The second kappa shape index (κ2) is 9.64. The SMILES string of the molecule is CCOc1ccc(C#Cc2ccc(CC(C)CC(=O)CF)cc2)cc1. The van der Waals surface area contributed by atoms with Crippen molar-refractivity contribution in [3.05, 3.63) is 65.2 Å². The number of Topliss-reactive ketones (excluding diaryl/α,β-unsaturated/α-hetero) is 1. The molecule has 0 aromatic heterocycles. The van der Waals surface area contributed by atoms with E-state index in [1.54, 1.807) is 0 Å². The molecule has 0 heterocycles. The Bertz CT molecular complexity index is 736. The quantitative estimate of drug-likeness (QED) is 0.690. The number of benzene rings is 2. The van der Waals surface area contributed by atoms with Gasteiger partial charge >= 0.3 is 0 Å². The number of hydrogen-bond donors (Lipinski definition) is 0. The highest BCUT2D eigenvalue weighted by Gasteiger charge is 2.09. The number of ether oxygens (including phenoxy) is 1. The maximum absolute atomic E-state index is 12.3. The predicted octanol–water partition coefficient (Wildman–Crippen LogP) is 4.59. The van der Waals surface area contributed by atoms with E-state index in [1.165, 1.54) is 0 Å². The molecule has 0 radical (unpaired) electrons. The number of ketones is 1. The van der Waals surface area contributed by atoms with Gasteiger partial charge in [-0.2, -0.15) is 0 Å². The van der Waals surface area contributed by atoms with Crippen LogP contribution in [0.2, 0.25) is 0 Å². The van der Waals surface area contributed by atoms with Gasteiger partial charge in [0.2, 0.25) is 0 Å². The molecular formula is C22H23FO2. The molecule has 1 atom stereocenters. The molecule has 0 bridgehead atoms. The van der Waals surface area contributed by atoms with E-state index in [0.29, 0.717) is 6.61 Å². The van der Waals surface area contributed by atoms with Crippen LogP contribution in [0.3, 0.4) is 0 Å². The summed E-state index contributed by atoms with van der Waals surface area (Å²) >= 11 is 0. The smallest absolute Gasteiger partial charge is 0.164 e. The van der Waals surface area contributed by atoms with Crippen molar-refractivity contribution in [2.75, 3.05) is 13.3 Å². The Morgan fingerprint density at radius 2 is 1.60 bits per heavy atom. The van der Waals surface area contributed by atoms with E-state index in [9.17, 15) is 9.18 Å². The van der Waals surface area contributed by atoms with E-state index in [-0.39, 0.29) is 18.1 Å². The Labute approximate surface area is 149 Å². The number of alkyl halides is 1. The van der Waals surface area contributed by atoms with Crippen molar-refractivity contribution < 1.29 is 13.9 Å². The van der Waals surface area contributed by atoms with Crippen LogP contribution in [0.1, 0.15) is 37.0 Å². The summed E-state index contributed by atoms with van der Waals surface area (Å²) in [5.74, 6) is 6.93. The van der Waals surface area contributed by atoms with Crippen LogP contribution < -0.4 is 4.74 Å². The summed E-state index contributed by atoms with van der Waals surface area (Å²) in [6, 6.07) is 15.7. The van der Waals surface area contributed by atoms with Crippen LogP contribution in [0.4, 0.5) is 4.39 Å². The van der Waals surface area contributed by atoms with Crippen molar-refractivity contribution >= 4 is 5.78 Å². The molecule has 2 aromatic rings. The zero-order valence-corrected chi connectivity index (χ0v) is 14.7. The lowest BCUT2D eigenvalue weighted by molar-refractivity contribution is -0.120. The summed E-state index contributed by atoms with van der Waals surface area (Å²) in [5, 5.41) is 0. The molecule has 0 aliphatic rings. The number of rotatable bonds is 7. The summed E-state index contributed by atoms with van der Waals surface area (Å²) in [5.41, 5.74) is 3.00. The summed E-state index contributed by atoms with van der Waals surface area (Å²) in [7, 11) is 0. The molecule has 3 heteroatoms. The van der Waals surface area contributed by atoms with Gasteiger partial charge in [0.1, 0.15) is 12.4 Å². The predicted molar refractivity (Wildman–Crippen MR) is 98.5 cm³/mol. The van der Waals surface area contributed by atoms with Crippen molar-refractivity contribution in [1.82, 2.24) is 0 Å². The van der Waals surface area contributed by atoms with Gasteiger partial charge in [-0.05, 0) is 61.2 Å². The number of hydrogen-bond acceptors (Lipinski definition) is 2. The summed E-state index contributed by atoms with van der Waals surface area (Å²) in [6.07, 6.45) is 1.05. The minimum absolute atomic E-state index is 0.143. The Morgan fingerprint density at radius 1 is 1.04 bits per heavy atom. The second-order valence-electron chi connectivity index (χ2n) is 6.09. The van der Waals surface area contributed by atoms with E-state index in [2.05, 4.69) is 11.8 Å². The van der Waals surface area contributed by atoms with Crippen molar-refractivity contribution in [3.63, 3.8) is 0 Å². The molecule has 0 aliphatic heterocycles. The Morgan fingerprint density at radius 3 is 2.12 bits per heavy atom. The van der Waals surface area contributed by atoms with Crippen molar-refractivity contribution in [3.8, 4) is 17.6 Å². The molecule has 25 heavy (non-hydrogen) atoms. The molecule has 0 aliphatic carbocycles. The summed E-state index contributed by atoms with van der Waals surface area (Å²) < 4.78 is 17.7. The topological polar surface area (TPSA) is 26.3 Å². The van der Waals surface area contributed by atoms with E-state index >= 15 is 0 Å². The molecule has 0 spiro atoms. The van der Waals surface area contributed by atoms with E-state index in [4.69, 9.17) is 4.74 Å². The fourth-order valence-electron chi connectivity index (χ4n) is 2.59. The van der Waals surface area contributed by atoms with Gasteiger partial charge in [-0.1, -0.05) is 30.9 Å². The Kier molecular flexibility index (Phi) is 7.22. The fourth-order valence-corrected chi connectivity index (χ4v) is 2.59. The van der Waals surface area contributed by atoms with Gasteiger partial charge in [-0.25, -0.2) is 4.39 Å². The van der Waals surface area contributed by atoms with Gasteiger partial charge in [0, 0.05) is 17.5 Å². The minimum atomic E-state index is -0.871. The van der Waals surface area contributed by atoms with Gasteiger partial charge in [-0.3, -0.25) is 4.79 Å². The van der Waals surface area contributed by atoms with E-state index < -0.39 is 6.67 Å². The lowest BCUT2D eigenvalue weighted by Crippen LogP contribution is -2.09. The number of halogens is 1. The number of carbonyl (C=O) groups excluding carboxylic acids is 1. The lowest BCUT2D eigenvalue weighted by Gasteiger charge is -2.09. The van der Waals surface area contributed by atoms with Gasteiger partial charge in [0.15, 0.2) is 5.78 Å². The molecule has 2 aromatic carbocycles. The average molecular weight is 338 g/mol. The largest absolute Gasteiger partial charge is 0.494 e. The van der Waals surface area contributed by atoms with Crippen LogP contribution in [0, 0.1) is 17.8 Å². The van der Waals surface area contributed by atoms with Gasteiger partial charge in [0.05, 0.1) is 6.61 Å². The molecule has 2 rings (SSSR count). The Balaban J connectivity index is 1.95. The standard InChI is InChI=1S/C22H23FO2/c1-3-25-22-12-10-19(11-13-22)5-4-18-6-8-20(9-7-18)14-17(2)15-21(24)16-23/h6-13,17H,3,14-16H2,1-2H3. The molecular weight excluding hydrogens is 315 g/mol. The van der Waals surface area contributed by atoms with Crippen LogP contribution in [-0.4, -0.2) is 19.1 Å². The summed E-state index contributed by atoms with van der Waals surface area (Å²) in [4.78, 5) is 11.1. The van der Waals surface area contributed by atoms with Gasteiger partial charge < -0.3 is 4.74 Å². The normalized spacial score (nSPS) is 11.3. The second-order valence-corrected chi connectivity index (χ2v) is 6.09. The first kappa shape index (κ1) is 18.7. The maximum Gasteiger partial charge on any atom is 0.164 e. The van der Waals surface area contributed by atoms with Crippen LogP contribution in [0.15, 0.2) is 48.5 Å². The fraction of sp³-hybridized carbons (Fsp3) is 0.318. The zero-order chi connectivity index (χ0) is 18.1. The molecule has 0 N–H and O–H groups in total. The van der Waals surface area contributed by atoms with Crippen LogP contribution in [-0.2, 0) is 11.2 Å². The molecule has 0 saturated heterocycles. The van der Waals surface area contributed by atoms with Crippen LogP contribution in [0.5, 0.6) is 5.75 Å². The van der Waals surface area contributed by atoms with Crippen molar-refractivity contribution in [2.45, 2.75) is 26.7 Å². The highest BCUT2D eigenvalue weighted by Crippen LogP contribution is 2.14. The Hall–Kier alpha value is -2.60. The monoisotopic (exact) mass is 338 g/mol. The highest BCUT2D eigenvalue weighted by atomic mass is 19.1. The molecule has 0 amide bonds. The van der Waals surface area contributed by atoms with Gasteiger partial charge in [-0.15, -0.1) is 0 Å². The first-order valence-corrected chi connectivity index (χ1v) is 8.52. The summed E-state index contributed by atoms with van der Waals surface area (Å²) in [6.45, 7) is 3.70.